The number of hydrogen-bond donors (Lipinski definition) is 0. The molecule has 0 heterocycles. The van der Waals surface area contributed by atoms with Gasteiger partial charge in [-0.3, -0.25) is 4.79 Å². The number of nitriles is 1. The lowest BCUT2D eigenvalue weighted by atomic mass is 10.0. The summed E-state index contributed by atoms with van der Waals surface area (Å²) in [7, 11) is 0. The van der Waals surface area contributed by atoms with Crippen LogP contribution >= 0.6 is 0 Å². The first-order chi connectivity index (χ1) is 7.79. The molecule has 0 bridgehead atoms. The van der Waals surface area contributed by atoms with Crippen LogP contribution in [0.4, 0.5) is 0 Å². The van der Waals surface area contributed by atoms with E-state index in [-0.39, 0.29) is 18.4 Å². The monoisotopic (exact) mass is 220 g/mol. The molecule has 0 aromatic carbocycles. The summed E-state index contributed by atoms with van der Waals surface area (Å²) in [6.45, 7) is 3.06. The van der Waals surface area contributed by atoms with Gasteiger partial charge in [-0.15, -0.1) is 0 Å². The highest BCUT2D eigenvalue weighted by Crippen LogP contribution is 2.56. The lowest BCUT2D eigenvalue weighted by Gasteiger charge is -2.18. The number of nitrogens with zero attached hydrogens (tertiary/aromatic N) is 2. The summed E-state index contributed by atoms with van der Waals surface area (Å²) in [6, 6.07) is 2.10. The third-order valence-electron chi connectivity index (χ3n) is 4.01. The average Bonchev–Trinajstić information content (AvgIpc) is 3.02. The highest BCUT2D eigenvalue weighted by molar-refractivity contribution is 5.82. The summed E-state index contributed by atoms with van der Waals surface area (Å²) < 4.78 is 0. The van der Waals surface area contributed by atoms with Crippen molar-refractivity contribution < 1.29 is 4.79 Å². The van der Waals surface area contributed by atoms with E-state index in [2.05, 4.69) is 13.0 Å². The van der Waals surface area contributed by atoms with Gasteiger partial charge in [0.15, 0.2) is 0 Å². The fourth-order valence-electron chi connectivity index (χ4n) is 3.19. The Bertz CT molecular complexity index is 296. The summed E-state index contributed by atoms with van der Waals surface area (Å²) in [4.78, 5) is 14.0. The Balaban J connectivity index is 1.93. The molecule has 0 N–H and O–H groups in total. The van der Waals surface area contributed by atoms with E-state index in [4.69, 9.17) is 5.26 Å². The predicted molar refractivity (Wildman–Crippen MR) is 61.4 cm³/mol. The highest BCUT2D eigenvalue weighted by atomic mass is 16.2. The molecule has 3 nitrogen and oxygen atoms in total. The molecule has 0 radical (unpaired) electrons. The molecule has 2 fully saturated rings. The molecule has 0 spiro atoms. The minimum absolute atomic E-state index is 0.250. The van der Waals surface area contributed by atoms with Gasteiger partial charge in [-0.25, -0.2) is 0 Å². The molecular weight excluding hydrogens is 200 g/mol. The van der Waals surface area contributed by atoms with Crippen LogP contribution in [0, 0.1) is 29.1 Å². The summed E-state index contributed by atoms with van der Waals surface area (Å²) >= 11 is 0. The first-order valence-corrected chi connectivity index (χ1v) is 6.45. The number of carbonyl (C=O) groups is 1. The van der Waals surface area contributed by atoms with Crippen LogP contribution in [-0.2, 0) is 4.79 Å². The molecule has 0 aromatic rings. The van der Waals surface area contributed by atoms with E-state index >= 15 is 0 Å². The molecule has 2 saturated carbocycles. The Hall–Kier alpha value is -1.04. The van der Waals surface area contributed by atoms with Crippen LogP contribution in [0.5, 0.6) is 0 Å². The van der Waals surface area contributed by atoms with E-state index in [0.29, 0.717) is 11.8 Å². The lowest BCUT2D eigenvalue weighted by Crippen LogP contribution is -2.34. The molecule has 2 rings (SSSR count). The zero-order valence-corrected chi connectivity index (χ0v) is 9.98. The number of rotatable bonds is 4. The molecule has 0 aliphatic heterocycles. The second kappa shape index (κ2) is 4.86. The first kappa shape index (κ1) is 11.4. The molecular formula is C13H20N2O. The van der Waals surface area contributed by atoms with E-state index in [1.807, 2.05) is 0 Å². The molecule has 2 aliphatic carbocycles. The molecule has 2 unspecified atom stereocenters. The van der Waals surface area contributed by atoms with E-state index in [1.165, 1.54) is 25.7 Å². The number of carbonyl (C=O) groups excluding carboxylic acids is 1. The Morgan fingerprint density at radius 2 is 2.00 bits per heavy atom. The zero-order valence-electron chi connectivity index (χ0n) is 9.98. The second-order valence-corrected chi connectivity index (χ2v) is 5.06. The molecule has 3 heteroatoms. The topological polar surface area (TPSA) is 44.1 Å². The average molecular weight is 220 g/mol. The molecule has 1 amide bonds. The van der Waals surface area contributed by atoms with Gasteiger partial charge in [0.05, 0.1) is 6.07 Å². The molecule has 0 aromatic heterocycles. The van der Waals surface area contributed by atoms with Gasteiger partial charge in [0.1, 0.15) is 6.54 Å². The fraction of sp³-hybridized carbons (Fsp3) is 0.846. The maximum Gasteiger partial charge on any atom is 0.227 e. The fourth-order valence-corrected chi connectivity index (χ4v) is 3.19. The molecule has 2 aliphatic rings. The van der Waals surface area contributed by atoms with Gasteiger partial charge in [-0.1, -0.05) is 19.8 Å². The van der Waals surface area contributed by atoms with Gasteiger partial charge < -0.3 is 4.90 Å². The largest absolute Gasteiger partial charge is 0.329 e. The molecule has 16 heavy (non-hydrogen) atoms. The van der Waals surface area contributed by atoms with Crippen LogP contribution in [0.2, 0.25) is 0 Å². The van der Waals surface area contributed by atoms with Crippen LogP contribution in [0.1, 0.15) is 39.0 Å². The van der Waals surface area contributed by atoms with Crippen molar-refractivity contribution in [2.75, 3.05) is 13.1 Å². The summed E-state index contributed by atoms with van der Waals surface area (Å²) in [5.41, 5.74) is 0. The first-order valence-electron chi connectivity index (χ1n) is 6.45. The smallest absolute Gasteiger partial charge is 0.227 e. The summed E-state index contributed by atoms with van der Waals surface area (Å²) in [5, 5.41) is 8.73. The third kappa shape index (κ3) is 2.07. The van der Waals surface area contributed by atoms with Crippen molar-refractivity contribution in [2.45, 2.75) is 39.0 Å². The Morgan fingerprint density at radius 1 is 1.38 bits per heavy atom. The number of amides is 1. The molecule has 88 valence electrons. The van der Waals surface area contributed by atoms with E-state index < -0.39 is 0 Å². The van der Waals surface area contributed by atoms with Gasteiger partial charge in [-0.2, -0.15) is 5.26 Å². The van der Waals surface area contributed by atoms with Crippen molar-refractivity contribution in [1.29, 1.82) is 5.26 Å². The normalized spacial score (nSPS) is 31.4. The van der Waals surface area contributed by atoms with Gasteiger partial charge >= 0.3 is 0 Å². The number of hydrogen-bond acceptors (Lipinski definition) is 2. The van der Waals surface area contributed by atoms with Crippen molar-refractivity contribution in [3.05, 3.63) is 0 Å². The minimum atomic E-state index is 0.250. The summed E-state index contributed by atoms with van der Waals surface area (Å²) in [5.74, 6) is 1.82. The quantitative estimate of drug-likeness (QED) is 0.682. The van der Waals surface area contributed by atoms with Crippen LogP contribution in [-0.4, -0.2) is 23.9 Å². The number of fused-ring (bicyclic) bond motifs is 1. The van der Waals surface area contributed by atoms with Crippen molar-refractivity contribution in [1.82, 2.24) is 4.90 Å². The maximum absolute atomic E-state index is 12.2. The standard InChI is InChI=1S/C13H20N2O/c1-2-8-15(9-7-14)13(16)12-10-5-3-4-6-11(10)12/h10-12H,2-6,8-9H2,1H3. The highest BCUT2D eigenvalue weighted by Gasteiger charge is 2.55. The van der Waals surface area contributed by atoms with Gasteiger partial charge in [-0.05, 0) is 31.1 Å². The SMILES string of the molecule is CCCN(CC#N)C(=O)C1C2CCCCC21. The van der Waals surface area contributed by atoms with Crippen LogP contribution in [0.25, 0.3) is 0 Å². The van der Waals surface area contributed by atoms with Crippen LogP contribution in [0.15, 0.2) is 0 Å². The third-order valence-corrected chi connectivity index (χ3v) is 4.01. The minimum Gasteiger partial charge on any atom is -0.329 e. The zero-order chi connectivity index (χ0) is 11.5. The Kier molecular flexibility index (Phi) is 3.48. The van der Waals surface area contributed by atoms with Crippen molar-refractivity contribution >= 4 is 5.91 Å². The van der Waals surface area contributed by atoms with Crippen LogP contribution in [0.3, 0.4) is 0 Å². The van der Waals surface area contributed by atoms with Crippen LogP contribution < -0.4 is 0 Å². The molecule has 0 saturated heterocycles. The molecule has 2 atom stereocenters. The van der Waals surface area contributed by atoms with Crippen molar-refractivity contribution in [3.8, 4) is 6.07 Å². The second-order valence-electron chi connectivity index (χ2n) is 5.06. The lowest BCUT2D eigenvalue weighted by molar-refractivity contribution is -0.132. The Morgan fingerprint density at radius 3 is 2.50 bits per heavy atom. The maximum atomic E-state index is 12.2. The van der Waals surface area contributed by atoms with Gasteiger partial charge in [0.2, 0.25) is 5.91 Å². The predicted octanol–water partition coefficient (Wildman–Crippen LogP) is 2.18. The van der Waals surface area contributed by atoms with Gasteiger partial charge in [0, 0.05) is 12.5 Å². The van der Waals surface area contributed by atoms with E-state index in [0.717, 1.165) is 13.0 Å². The summed E-state index contributed by atoms with van der Waals surface area (Å²) in [6.07, 6.45) is 5.98. The Labute approximate surface area is 97.4 Å². The van der Waals surface area contributed by atoms with Crippen molar-refractivity contribution in [3.63, 3.8) is 0 Å². The van der Waals surface area contributed by atoms with E-state index in [1.54, 1.807) is 4.90 Å². The van der Waals surface area contributed by atoms with Gasteiger partial charge in [0.25, 0.3) is 0 Å². The van der Waals surface area contributed by atoms with E-state index in [9.17, 15) is 4.79 Å². The van der Waals surface area contributed by atoms with Crippen molar-refractivity contribution in [2.24, 2.45) is 17.8 Å².